The maximum Gasteiger partial charge on any atom is 0.174 e. The number of thioether (sulfide) groups is 1. The summed E-state index contributed by atoms with van der Waals surface area (Å²) < 4.78 is 0. The molecule has 1 aromatic heterocycles. The SMILES string of the molecule is Cc1ccc(SCC(=O)c2cccnc2)cc1. The summed E-state index contributed by atoms with van der Waals surface area (Å²) in [5.74, 6) is 0.568. The Hall–Kier alpha value is -1.61. The molecule has 0 aliphatic rings. The van der Waals surface area contributed by atoms with E-state index in [-0.39, 0.29) is 5.78 Å². The van der Waals surface area contributed by atoms with Gasteiger partial charge in [-0.25, -0.2) is 0 Å². The number of aromatic nitrogens is 1. The second-order valence-electron chi connectivity index (χ2n) is 3.77. The van der Waals surface area contributed by atoms with E-state index in [0.29, 0.717) is 11.3 Å². The summed E-state index contributed by atoms with van der Waals surface area (Å²) in [6.45, 7) is 2.05. The van der Waals surface area contributed by atoms with Crippen molar-refractivity contribution >= 4 is 17.5 Å². The van der Waals surface area contributed by atoms with Crippen molar-refractivity contribution in [3.05, 3.63) is 59.9 Å². The molecule has 0 saturated carbocycles. The molecule has 0 aliphatic carbocycles. The average Bonchev–Trinajstić information content (AvgIpc) is 2.39. The molecule has 0 radical (unpaired) electrons. The predicted octanol–water partition coefficient (Wildman–Crippen LogP) is 3.37. The molecule has 0 unspecified atom stereocenters. The number of hydrogen-bond donors (Lipinski definition) is 0. The number of rotatable bonds is 4. The van der Waals surface area contributed by atoms with Gasteiger partial charge >= 0.3 is 0 Å². The fourth-order valence-electron chi connectivity index (χ4n) is 1.39. The standard InChI is InChI=1S/C14H13NOS/c1-11-4-6-13(7-5-11)17-10-14(16)12-3-2-8-15-9-12/h2-9H,10H2,1H3. The van der Waals surface area contributed by atoms with Gasteiger partial charge in [-0.05, 0) is 31.2 Å². The van der Waals surface area contributed by atoms with E-state index in [4.69, 9.17) is 0 Å². The molecule has 17 heavy (non-hydrogen) atoms. The minimum absolute atomic E-state index is 0.115. The Bertz CT molecular complexity index is 493. The first-order valence-electron chi connectivity index (χ1n) is 5.38. The van der Waals surface area contributed by atoms with Crippen molar-refractivity contribution in [1.29, 1.82) is 0 Å². The van der Waals surface area contributed by atoms with Gasteiger partial charge in [-0.2, -0.15) is 0 Å². The second kappa shape index (κ2) is 5.64. The lowest BCUT2D eigenvalue weighted by molar-refractivity contribution is 0.102. The summed E-state index contributed by atoms with van der Waals surface area (Å²) in [6.07, 6.45) is 3.28. The number of Topliss-reactive ketones (excluding diaryl/α,β-unsaturated/α-hetero) is 1. The first-order chi connectivity index (χ1) is 8.25. The summed E-state index contributed by atoms with van der Waals surface area (Å²) in [5, 5.41) is 0. The van der Waals surface area contributed by atoms with E-state index in [0.717, 1.165) is 4.90 Å². The highest BCUT2D eigenvalue weighted by Crippen LogP contribution is 2.19. The van der Waals surface area contributed by atoms with Gasteiger partial charge in [0.1, 0.15) is 0 Å². The first-order valence-corrected chi connectivity index (χ1v) is 6.37. The number of carbonyl (C=O) groups is 1. The number of carbonyl (C=O) groups excluding carboxylic acids is 1. The molecule has 0 amide bonds. The molecular weight excluding hydrogens is 230 g/mol. The lowest BCUT2D eigenvalue weighted by Gasteiger charge is -2.01. The largest absolute Gasteiger partial charge is 0.293 e. The van der Waals surface area contributed by atoms with Crippen LogP contribution in [0.15, 0.2) is 53.7 Å². The van der Waals surface area contributed by atoms with Gasteiger partial charge in [0.25, 0.3) is 0 Å². The Morgan fingerprint density at radius 3 is 2.65 bits per heavy atom. The topological polar surface area (TPSA) is 30.0 Å². The summed E-state index contributed by atoms with van der Waals surface area (Å²) >= 11 is 1.55. The summed E-state index contributed by atoms with van der Waals surface area (Å²) in [4.78, 5) is 16.9. The van der Waals surface area contributed by atoms with E-state index in [9.17, 15) is 4.79 Å². The zero-order valence-electron chi connectivity index (χ0n) is 9.59. The molecule has 0 atom stereocenters. The van der Waals surface area contributed by atoms with Gasteiger partial charge in [0, 0.05) is 22.9 Å². The molecule has 2 aromatic rings. The van der Waals surface area contributed by atoms with Gasteiger partial charge in [-0.3, -0.25) is 9.78 Å². The van der Waals surface area contributed by atoms with Crippen LogP contribution in [-0.2, 0) is 0 Å². The molecule has 0 saturated heterocycles. The minimum Gasteiger partial charge on any atom is -0.293 e. The molecular formula is C14H13NOS. The molecule has 3 heteroatoms. The van der Waals surface area contributed by atoms with Crippen LogP contribution in [0.25, 0.3) is 0 Å². The van der Waals surface area contributed by atoms with E-state index < -0.39 is 0 Å². The monoisotopic (exact) mass is 243 g/mol. The third-order valence-electron chi connectivity index (χ3n) is 2.37. The number of ketones is 1. The normalized spacial score (nSPS) is 10.2. The minimum atomic E-state index is 0.115. The molecule has 2 nitrogen and oxygen atoms in total. The van der Waals surface area contributed by atoms with Crippen LogP contribution in [0.3, 0.4) is 0 Å². The predicted molar refractivity (Wildman–Crippen MR) is 70.5 cm³/mol. The molecule has 0 N–H and O–H groups in total. The van der Waals surface area contributed by atoms with Crippen molar-refractivity contribution in [3.63, 3.8) is 0 Å². The highest BCUT2D eigenvalue weighted by molar-refractivity contribution is 8.00. The molecule has 0 fully saturated rings. The van der Waals surface area contributed by atoms with Gasteiger partial charge in [0.05, 0.1) is 5.75 Å². The Morgan fingerprint density at radius 2 is 2.00 bits per heavy atom. The highest BCUT2D eigenvalue weighted by atomic mass is 32.2. The van der Waals surface area contributed by atoms with Crippen molar-refractivity contribution < 1.29 is 4.79 Å². The number of aryl methyl sites for hydroxylation is 1. The fraction of sp³-hybridized carbons (Fsp3) is 0.143. The van der Waals surface area contributed by atoms with E-state index in [1.165, 1.54) is 5.56 Å². The summed E-state index contributed by atoms with van der Waals surface area (Å²) in [7, 11) is 0. The molecule has 0 bridgehead atoms. The quantitative estimate of drug-likeness (QED) is 0.609. The molecule has 86 valence electrons. The van der Waals surface area contributed by atoms with Gasteiger partial charge in [0.15, 0.2) is 5.78 Å². The summed E-state index contributed by atoms with van der Waals surface area (Å²) in [6, 6.07) is 11.8. The Morgan fingerprint density at radius 1 is 1.24 bits per heavy atom. The van der Waals surface area contributed by atoms with Crippen LogP contribution in [-0.4, -0.2) is 16.5 Å². The molecule has 2 rings (SSSR count). The smallest absolute Gasteiger partial charge is 0.174 e. The highest BCUT2D eigenvalue weighted by Gasteiger charge is 2.05. The third-order valence-corrected chi connectivity index (χ3v) is 3.39. The molecule has 1 heterocycles. The molecule has 0 spiro atoms. The lowest BCUT2D eigenvalue weighted by Crippen LogP contribution is -2.02. The van der Waals surface area contributed by atoms with E-state index in [2.05, 4.69) is 24.0 Å². The van der Waals surface area contributed by atoms with Crippen LogP contribution >= 0.6 is 11.8 Å². The fourth-order valence-corrected chi connectivity index (χ4v) is 2.19. The number of benzene rings is 1. The molecule has 0 aliphatic heterocycles. The number of pyridine rings is 1. The van der Waals surface area contributed by atoms with E-state index in [1.807, 2.05) is 12.1 Å². The Balaban J connectivity index is 1.95. The van der Waals surface area contributed by atoms with Crippen LogP contribution in [0.4, 0.5) is 0 Å². The van der Waals surface area contributed by atoms with Gasteiger partial charge in [0.2, 0.25) is 0 Å². The van der Waals surface area contributed by atoms with Crippen molar-refractivity contribution in [2.45, 2.75) is 11.8 Å². The Labute approximate surface area is 105 Å². The number of hydrogen-bond acceptors (Lipinski definition) is 3. The summed E-state index contributed by atoms with van der Waals surface area (Å²) in [5.41, 5.74) is 1.90. The zero-order chi connectivity index (χ0) is 12.1. The van der Waals surface area contributed by atoms with Crippen molar-refractivity contribution in [2.24, 2.45) is 0 Å². The van der Waals surface area contributed by atoms with Crippen LogP contribution < -0.4 is 0 Å². The van der Waals surface area contributed by atoms with Gasteiger partial charge in [-0.15, -0.1) is 11.8 Å². The first kappa shape index (κ1) is 11.9. The molecule has 1 aromatic carbocycles. The third kappa shape index (κ3) is 3.43. The average molecular weight is 243 g/mol. The van der Waals surface area contributed by atoms with Crippen molar-refractivity contribution in [1.82, 2.24) is 4.98 Å². The number of nitrogens with zero attached hydrogens (tertiary/aromatic N) is 1. The maximum absolute atomic E-state index is 11.8. The van der Waals surface area contributed by atoms with E-state index >= 15 is 0 Å². The van der Waals surface area contributed by atoms with Gasteiger partial charge < -0.3 is 0 Å². The van der Waals surface area contributed by atoms with Crippen LogP contribution in [0.1, 0.15) is 15.9 Å². The lowest BCUT2D eigenvalue weighted by atomic mass is 10.2. The van der Waals surface area contributed by atoms with Gasteiger partial charge in [-0.1, -0.05) is 17.7 Å². The maximum atomic E-state index is 11.8. The van der Waals surface area contributed by atoms with Crippen LogP contribution in [0, 0.1) is 6.92 Å². The Kier molecular flexibility index (Phi) is 3.94. The zero-order valence-corrected chi connectivity index (χ0v) is 10.4. The van der Waals surface area contributed by atoms with Crippen LogP contribution in [0.5, 0.6) is 0 Å². The second-order valence-corrected chi connectivity index (χ2v) is 4.82. The van der Waals surface area contributed by atoms with E-state index in [1.54, 1.807) is 36.3 Å². The van der Waals surface area contributed by atoms with Crippen LogP contribution in [0.2, 0.25) is 0 Å². The van der Waals surface area contributed by atoms with Crippen molar-refractivity contribution in [2.75, 3.05) is 5.75 Å². The van der Waals surface area contributed by atoms with Crippen molar-refractivity contribution in [3.8, 4) is 0 Å².